The highest BCUT2D eigenvalue weighted by atomic mass is 14.2. The van der Waals surface area contributed by atoms with E-state index in [-0.39, 0.29) is 0 Å². The zero-order valence-electron chi connectivity index (χ0n) is 48.4. The molecular formula is C71H92. The van der Waals surface area contributed by atoms with E-state index in [1.807, 2.05) is 0 Å². The molecule has 0 nitrogen and oxygen atoms in total. The first-order chi connectivity index (χ1) is 33.5. The maximum absolute atomic E-state index is 2.39. The lowest BCUT2D eigenvalue weighted by Crippen LogP contribution is -2.01. The van der Waals surface area contributed by atoms with Crippen LogP contribution in [0.3, 0.4) is 0 Å². The van der Waals surface area contributed by atoms with Crippen LogP contribution in [0.4, 0.5) is 0 Å². The molecule has 0 N–H and O–H groups in total. The molecule has 7 aromatic rings. The number of rotatable bonds is 13. The van der Waals surface area contributed by atoms with Crippen LogP contribution in [0.1, 0.15) is 172 Å². The van der Waals surface area contributed by atoms with Gasteiger partial charge < -0.3 is 0 Å². The van der Waals surface area contributed by atoms with Crippen molar-refractivity contribution in [3.05, 3.63) is 230 Å². The SMILES string of the molecule is CCCc1cc(C)c(CCc2cc(C)c(C)c(C)c2)c(C)c1.CCc1cc(C)c(-c2cc(C)c(Cc3cc(C)c(C)c(C)c3)c(C)c2)c(C)c1.CCc1cc(C)c(CCc2cc(C)c(C)c(C)c2)c(C)c1. The fourth-order valence-electron chi connectivity index (χ4n) is 11.2. The second kappa shape index (κ2) is 25.3. The van der Waals surface area contributed by atoms with Crippen molar-refractivity contribution in [2.24, 2.45) is 0 Å². The summed E-state index contributed by atoms with van der Waals surface area (Å²) in [6.07, 6.45) is 10.2. The molecule has 0 aliphatic heterocycles. The van der Waals surface area contributed by atoms with Gasteiger partial charge in [-0.1, -0.05) is 112 Å². The van der Waals surface area contributed by atoms with E-state index in [4.69, 9.17) is 0 Å². The van der Waals surface area contributed by atoms with Gasteiger partial charge in [0.05, 0.1) is 0 Å². The van der Waals surface area contributed by atoms with Crippen LogP contribution in [-0.4, -0.2) is 0 Å². The number of hydrogen-bond acceptors (Lipinski definition) is 0. The van der Waals surface area contributed by atoms with Crippen molar-refractivity contribution in [1.82, 2.24) is 0 Å². The van der Waals surface area contributed by atoms with Crippen LogP contribution >= 0.6 is 0 Å². The molecule has 376 valence electrons. The first-order valence-corrected chi connectivity index (χ1v) is 27.1. The van der Waals surface area contributed by atoms with E-state index in [1.54, 1.807) is 0 Å². The molecule has 0 amide bonds. The van der Waals surface area contributed by atoms with E-state index in [0.717, 1.165) is 44.9 Å². The predicted octanol–water partition coefficient (Wildman–Crippen LogP) is 19.2. The molecule has 0 fully saturated rings. The summed E-state index contributed by atoms with van der Waals surface area (Å²) in [7, 11) is 0. The summed E-state index contributed by atoms with van der Waals surface area (Å²) in [5.41, 5.74) is 40.1. The molecule has 0 radical (unpaired) electrons. The number of aryl methyl sites for hydroxylation is 19. The van der Waals surface area contributed by atoms with Gasteiger partial charge in [-0.3, -0.25) is 0 Å². The average Bonchev–Trinajstić information content (AvgIpc) is 3.29. The normalized spacial score (nSPS) is 11.0. The molecule has 0 saturated heterocycles. The smallest absolute Gasteiger partial charge is 0.00203 e. The highest BCUT2D eigenvalue weighted by Crippen LogP contribution is 2.33. The quantitative estimate of drug-likeness (QED) is 0.108. The van der Waals surface area contributed by atoms with Gasteiger partial charge in [-0.2, -0.15) is 0 Å². The third-order valence-electron chi connectivity index (χ3n) is 16.1. The topological polar surface area (TPSA) is 0 Å². The molecule has 0 aromatic heterocycles. The Hall–Kier alpha value is -5.46. The molecule has 0 spiro atoms. The van der Waals surface area contributed by atoms with Gasteiger partial charge in [-0.05, 0) is 325 Å². The minimum atomic E-state index is 1.01. The Morgan fingerprint density at radius 1 is 0.239 bits per heavy atom. The first kappa shape index (κ1) is 56.5. The van der Waals surface area contributed by atoms with E-state index in [9.17, 15) is 0 Å². The average molecular weight is 946 g/mol. The van der Waals surface area contributed by atoms with Crippen LogP contribution in [0.5, 0.6) is 0 Å². The standard InChI is InChI=1S/C28H34.C22H30.C21H28/c1-9-24-12-21(6)28(22(7)13-24)26-14-19(4)27(20(5)15-26)16-25-10-17(2)23(8)18(3)11-25;1-7-8-20-13-17(4)22(18(5)14-20)10-9-21-11-15(2)19(6)16(3)12-21;1-7-19-12-16(4)21(17(5)13-19)9-8-20-10-14(2)18(6)15(3)11-20/h10-15H,9,16H2,1-8H3;11-14H,7-10H2,1-6H3;10-13H,7-9H2,1-6H3. The lowest BCUT2D eigenvalue weighted by atomic mass is 9.87. The highest BCUT2D eigenvalue weighted by molar-refractivity contribution is 5.73. The summed E-state index contributed by atoms with van der Waals surface area (Å²) < 4.78 is 0. The fourth-order valence-corrected chi connectivity index (χ4v) is 11.2. The monoisotopic (exact) mass is 945 g/mol. The van der Waals surface area contributed by atoms with E-state index < -0.39 is 0 Å². The predicted molar refractivity (Wildman–Crippen MR) is 315 cm³/mol. The van der Waals surface area contributed by atoms with Gasteiger partial charge in [0.25, 0.3) is 0 Å². The summed E-state index contributed by atoms with van der Waals surface area (Å²) in [5, 5.41) is 0. The summed E-state index contributed by atoms with van der Waals surface area (Å²) in [6, 6.07) is 33.1. The second-order valence-electron chi connectivity index (χ2n) is 21.8. The molecule has 0 aliphatic carbocycles. The molecule has 0 aliphatic rings. The van der Waals surface area contributed by atoms with E-state index in [0.29, 0.717) is 0 Å². The lowest BCUT2D eigenvalue weighted by Gasteiger charge is -2.18. The van der Waals surface area contributed by atoms with Crippen molar-refractivity contribution >= 4 is 0 Å². The Kier molecular flexibility index (Phi) is 20.1. The van der Waals surface area contributed by atoms with Crippen molar-refractivity contribution in [3.8, 4) is 11.1 Å². The van der Waals surface area contributed by atoms with Gasteiger partial charge in [0.15, 0.2) is 0 Å². The van der Waals surface area contributed by atoms with Crippen molar-refractivity contribution in [2.45, 2.75) is 196 Å². The Bertz CT molecular complexity index is 2820. The lowest BCUT2D eigenvalue weighted by molar-refractivity contribution is 0.899. The third-order valence-corrected chi connectivity index (χ3v) is 16.1. The van der Waals surface area contributed by atoms with Crippen molar-refractivity contribution in [1.29, 1.82) is 0 Å². The maximum Gasteiger partial charge on any atom is -0.00203 e. The van der Waals surface area contributed by atoms with Crippen LogP contribution in [0.2, 0.25) is 0 Å². The third kappa shape index (κ3) is 14.6. The van der Waals surface area contributed by atoms with Crippen LogP contribution in [0, 0.1) is 118 Å². The van der Waals surface area contributed by atoms with Gasteiger partial charge in [-0.25, -0.2) is 0 Å². The Morgan fingerprint density at radius 3 is 0.831 bits per heavy atom. The van der Waals surface area contributed by atoms with E-state index >= 15 is 0 Å². The number of benzene rings is 7. The highest BCUT2D eigenvalue weighted by Gasteiger charge is 2.14. The minimum Gasteiger partial charge on any atom is -0.0651 e. The Labute approximate surface area is 434 Å². The van der Waals surface area contributed by atoms with Crippen LogP contribution in [0.15, 0.2) is 84.9 Å². The summed E-state index contributed by atoms with van der Waals surface area (Å²) >= 11 is 0. The van der Waals surface area contributed by atoms with Crippen molar-refractivity contribution in [2.75, 3.05) is 0 Å². The molecule has 0 saturated carbocycles. The van der Waals surface area contributed by atoms with Gasteiger partial charge in [0, 0.05) is 0 Å². The molecule has 7 aromatic carbocycles. The molecule has 0 heteroatoms. The van der Waals surface area contributed by atoms with Crippen LogP contribution in [0.25, 0.3) is 11.1 Å². The Morgan fingerprint density at radius 2 is 0.507 bits per heavy atom. The van der Waals surface area contributed by atoms with Gasteiger partial charge in [-0.15, -0.1) is 0 Å². The second-order valence-corrected chi connectivity index (χ2v) is 21.8. The molecule has 0 heterocycles. The van der Waals surface area contributed by atoms with Gasteiger partial charge in [0.1, 0.15) is 0 Å². The van der Waals surface area contributed by atoms with Gasteiger partial charge >= 0.3 is 0 Å². The minimum absolute atomic E-state index is 1.01. The van der Waals surface area contributed by atoms with Gasteiger partial charge in [0.2, 0.25) is 0 Å². The zero-order valence-corrected chi connectivity index (χ0v) is 48.4. The van der Waals surface area contributed by atoms with Crippen LogP contribution in [-0.2, 0) is 51.4 Å². The van der Waals surface area contributed by atoms with Crippen molar-refractivity contribution in [3.63, 3.8) is 0 Å². The largest absolute Gasteiger partial charge is 0.0651 e. The van der Waals surface area contributed by atoms with Crippen molar-refractivity contribution < 1.29 is 0 Å². The first-order valence-electron chi connectivity index (χ1n) is 27.1. The molecule has 0 atom stereocenters. The number of hydrogen-bond donors (Lipinski definition) is 0. The summed E-state index contributed by atoms with van der Waals surface area (Å²) in [5.74, 6) is 0. The van der Waals surface area contributed by atoms with Crippen LogP contribution < -0.4 is 0 Å². The maximum atomic E-state index is 2.39. The summed E-state index contributed by atoms with van der Waals surface area (Å²) in [6.45, 7) is 44.8. The molecule has 71 heavy (non-hydrogen) atoms. The summed E-state index contributed by atoms with van der Waals surface area (Å²) in [4.78, 5) is 0. The van der Waals surface area contributed by atoms with E-state index in [2.05, 4.69) is 223 Å². The fraction of sp³-hybridized carbons (Fsp3) is 0.408. The molecular weight excluding hydrogens is 853 g/mol. The Balaban J connectivity index is 0.000000201. The molecule has 0 bridgehead atoms. The molecule has 7 rings (SSSR count). The molecule has 0 unspecified atom stereocenters. The zero-order chi connectivity index (χ0) is 52.4. The van der Waals surface area contributed by atoms with E-state index in [1.165, 1.54) is 169 Å².